The highest BCUT2D eigenvalue weighted by molar-refractivity contribution is 7.90. The third kappa shape index (κ3) is 2.44. The van der Waals surface area contributed by atoms with Crippen LogP contribution in [-0.2, 0) is 10.0 Å². The summed E-state index contributed by atoms with van der Waals surface area (Å²) in [6.45, 7) is 3.73. The van der Waals surface area contributed by atoms with Crippen molar-refractivity contribution >= 4 is 10.0 Å². The fraction of sp³-hybridized carbons (Fsp3) is 1.00. The van der Waals surface area contributed by atoms with Crippen LogP contribution in [0.5, 0.6) is 0 Å². The molecule has 1 unspecified atom stereocenters. The van der Waals surface area contributed by atoms with E-state index < -0.39 is 15.5 Å². The van der Waals surface area contributed by atoms with Gasteiger partial charge in [-0.25, -0.2) is 8.42 Å². The monoisotopic (exact) mass is 245 g/mol. The predicted molar refractivity (Wildman–Crippen MR) is 49.5 cm³/mol. The van der Waals surface area contributed by atoms with Gasteiger partial charge in [-0.3, -0.25) is 0 Å². The van der Waals surface area contributed by atoms with E-state index in [-0.39, 0.29) is 24.9 Å². The lowest BCUT2D eigenvalue weighted by Crippen LogP contribution is -2.39. The lowest BCUT2D eigenvalue weighted by atomic mass is 9.96. The molecule has 7 heteroatoms. The van der Waals surface area contributed by atoms with Crippen molar-refractivity contribution < 1.29 is 21.6 Å². The predicted octanol–water partition coefficient (Wildman–Crippen LogP) is 1.81. The molecule has 3 nitrogen and oxygen atoms in total. The van der Waals surface area contributed by atoms with Gasteiger partial charge in [0, 0.05) is 13.1 Å². The number of sulfonamides is 1. The molecule has 1 atom stereocenters. The molecule has 1 heterocycles. The Bertz CT molecular complexity index is 323. The molecule has 0 radical (unpaired) electrons. The summed E-state index contributed by atoms with van der Waals surface area (Å²) >= 11 is 0. The van der Waals surface area contributed by atoms with E-state index in [9.17, 15) is 21.6 Å². The molecule has 1 fully saturated rings. The van der Waals surface area contributed by atoms with Gasteiger partial charge < -0.3 is 0 Å². The largest absolute Gasteiger partial charge is 0.511 e. The molecule has 90 valence electrons. The second kappa shape index (κ2) is 3.93. The molecule has 0 bridgehead atoms. The molecule has 0 spiro atoms. The van der Waals surface area contributed by atoms with Crippen molar-refractivity contribution in [3.05, 3.63) is 0 Å². The fourth-order valence-corrected chi connectivity index (χ4v) is 2.69. The van der Waals surface area contributed by atoms with Crippen LogP contribution in [0.15, 0.2) is 0 Å². The van der Waals surface area contributed by atoms with Gasteiger partial charge in [-0.15, -0.1) is 0 Å². The molecule has 15 heavy (non-hydrogen) atoms. The highest BCUT2D eigenvalue weighted by Gasteiger charge is 2.51. The molecule has 1 rings (SSSR count). The number of hydrogen-bond donors (Lipinski definition) is 0. The van der Waals surface area contributed by atoms with Gasteiger partial charge in [-0.1, -0.05) is 13.8 Å². The maximum atomic E-state index is 12.2. The van der Waals surface area contributed by atoms with E-state index in [2.05, 4.69) is 0 Å². The summed E-state index contributed by atoms with van der Waals surface area (Å²) in [5, 5.41) is 0. The molecule has 0 aliphatic carbocycles. The van der Waals surface area contributed by atoms with Gasteiger partial charge in [0.25, 0.3) is 0 Å². The van der Waals surface area contributed by atoms with Crippen LogP contribution in [0.3, 0.4) is 0 Å². The molecule has 0 aromatic heterocycles. The second-order valence-electron chi connectivity index (χ2n) is 4.10. The molecule has 0 N–H and O–H groups in total. The molecule has 0 saturated carbocycles. The zero-order valence-electron chi connectivity index (χ0n) is 8.58. The van der Waals surface area contributed by atoms with Gasteiger partial charge in [0.2, 0.25) is 0 Å². The van der Waals surface area contributed by atoms with E-state index in [0.29, 0.717) is 10.7 Å². The summed E-state index contributed by atoms with van der Waals surface area (Å²) < 4.78 is 59.1. The van der Waals surface area contributed by atoms with Crippen molar-refractivity contribution in [3.63, 3.8) is 0 Å². The molecule has 1 aliphatic heterocycles. The lowest BCUT2D eigenvalue weighted by Gasteiger charge is -2.19. The maximum Gasteiger partial charge on any atom is 0.511 e. The summed E-state index contributed by atoms with van der Waals surface area (Å²) in [6, 6.07) is 0. The van der Waals surface area contributed by atoms with Crippen molar-refractivity contribution in [2.24, 2.45) is 11.8 Å². The van der Waals surface area contributed by atoms with E-state index in [1.54, 1.807) is 0 Å². The number of halogens is 3. The normalized spacial score (nSPS) is 25.1. The standard InChI is InChI=1S/C8H14F3NO2S/c1-6(2)7-3-4-12(5-7)15(13,14)8(9,10)11/h6-7H,3-5H2,1-2H3. The molecule has 0 amide bonds. The zero-order valence-corrected chi connectivity index (χ0v) is 9.40. The van der Waals surface area contributed by atoms with Gasteiger partial charge in [0.1, 0.15) is 0 Å². The minimum absolute atomic E-state index is 0.0144. The third-order valence-electron chi connectivity index (χ3n) is 2.76. The first-order valence-corrected chi connectivity index (χ1v) is 6.16. The quantitative estimate of drug-likeness (QED) is 0.744. The van der Waals surface area contributed by atoms with Crippen LogP contribution in [0.4, 0.5) is 13.2 Å². The Balaban J connectivity index is 2.78. The highest BCUT2D eigenvalue weighted by atomic mass is 32.2. The average Bonchev–Trinajstić information content (AvgIpc) is 2.49. The van der Waals surface area contributed by atoms with Crippen LogP contribution in [0.2, 0.25) is 0 Å². The number of rotatable bonds is 2. The Morgan fingerprint density at radius 3 is 2.20 bits per heavy atom. The van der Waals surface area contributed by atoms with Gasteiger partial charge in [0.15, 0.2) is 0 Å². The van der Waals surface area contributed by atoms with Crippen molar-refractivity contribution in [1.82, 2.24) is 4.31 Å². The Morgan fingerprint density at radius 2 is 1.87 bits per heavy atom. The first kappa shape index (κ1) is 12.8. The molecule has 1 saturated heterocycles. The summed E-state index contributed by atoms with van der Waals surface area (Å²) in [5.74, 6) is 0.237. The Hall–Kier alpha value is -0.300. The average molecular weight is 245 g/mol. The zero-order chi connectivity index (χ0) is 11.9. The first-order valence-electron chi connectivity index (χ1n) is 4.72. The van der Waals surface area contributed by atoms with Crippen molar-refractivity contribution in [3.8, 4) is 0 Å². The fourth-order valence-electron chi connectivity index (χ4n) is 1.66. The van der Waals surface area contributed by atoms with Crippen LogP contribution in [0.1, 0.15) is 20.3 Å². The van der Waals surface area contributed by atoms with Crippen LogP contribution < -0.4 is 0 Å². The van der Waals surface area contributed by atoms with E-state index >= 15 is 0 Å². The summed E-state index contributed by atoms with van der Waals surface area (Å²) in [7, 11) is -5.11. The van der Waals surface area contributed by atoms with Crippen molar-refractivity contribution in [1.29, 1.82) is 0 Å². The molecule has 1 aliphatic rings. The summed E-state index contributed by atoms with van der Waals surface area (Å²) in [6.07, 6.45) is 0.507. The SMILES string of the molecule is CC(C)C1CCN(S(=O)(=O)C(F)(F)F)C1. The second-order valence-corrected chi connectivity index (χ2v) is 6.03. The molecular formula is C8H14F3NO2S. The maximum absolute atomic E-state index is 12.2. The molecule has 0 aromatic rings. The lowest BCUT2D eigenvalue weighted by molar-refractivity contribution is -0.0484. The summed E-state index contributed by atoms with van der Waals surface area (Å²) in [4.78, 5) is 0. The molecule has 0 aromatic carbocycles. The first-order chi connectivity index (χ1) is 6.66. The van der Waals surface area contributed by atoms with E-state index in [4.69, 9.17) is 0 Å². The third-order valence-corrected chi connectivity index (χ3v) is 4.36. The smallest absolute Gasteiger partial charge is 0.203 e. The van der Waals surface area contributed by atoms with Gasteiger partial charge in [-0.05, 0) is 18.3 Å². The topological polar surface area (TPSA) is 37.4 Å². The van der Waals surface area contributed by atoms with Gasteiger partial charge >= 0.3 is 15.5 Å². The van der Waals surface area contributed by atoms with Crippen LogP contribution in [-0.4, -0.2) is 31.3 Å². The van der Waals surface area contributed by atoms with Crippen molar-refractivity contribution in [2.45, 2.75) is 25.8 Å². The minimum atomic E-state index is -5.17. The van der Waals surface area contributed by atoms with E-state index in [0.717, 1.165) is 0 Å². The van der Waals surface area contributed by atoms with Crippen LogP contribution in [0.25, 0.3) is 0 Å². The number of alkyl halides is 3. The Labute approximate surface area is 87.3 Å². The Kier molecular flexibility index (Phi) is 3.35. The summed E-state index contributed by atoms with van der Waals surface area (Å²) in [5.41, 5.74) is -5.17. The van der Waals surface area contributed by atoms with E-state index in [1.807, 2.05) is 13.8 Å². The van der Waals surface area contributed by atoms with E-state index in [1.165, 1.54) is 0 Å². The van der Waals surface area contributed by atoms with Gasteiger partial charge in [-0.2, -0.15) is 17.5 Å². The highest BCUT2D eigenvalue weighted by Crippen LogP contribution is 2.32. The number of hydrogen-bond acceptors (Lipinski definition) is 2. The van der Waals surface area contributed by atoms with Crippen molar-refractivity contribution in [2.75, 3.05) is 13.1 Å². The number of nitrogens with zero attached hydrogens (tertiary/aromatic N) is 1. The minimum Gasteiger partial charge on any atom is -0.203 e. The molecular weight excluding hydrogens is 231 g/mol. The van der Waals surface area contributed by atoms with Gasteiger partial charge in [0.05, 0.1) is 0 Å². The Morgan fingerprint density at radius 1 is 1.33 bits per heavy atom. The van der Waals surface area contributed by atoms with Crippen LogP contribution >= 0.6 is 0 Å². The van der Waals surface area contributed by atoms with Crippen LogP contribution in [0, 0.1) is 11.8 Å².